The van der Waals surface area contributed by atoms with Crippen molar-refractivity contribution in [3.05, 3.63) is 42.2 Å². The highest BCUT2D eigenvalue weighted by atomic mass is 15.0. The number of aromatic nitrogens is 1. The Morgan fingerprint density at radius 1 is 1.41 bits per heavy atom. The molecule has 0 amide bonds. The molecule has 0 radical (unpaired) electrons. The van der Waals surface area contributed by atoms with Gasteiger partial charge < -0.3 is 15.6 Å². The standard InChI is InChI=1S/C14H19N3/c1-3-8-16-10-12(15)14-9-11-6-4-5-7-13(11)17(14)2/h4-7,9-10,16H,3,8,15H2,1-2H3/b12-10-. The van der Waals surface area contributed by atoms with Gasteiger partial charge in [0, 0.05) is 30.7 Å². The Labute approximate surface area is 102 Å². The summed E-state index contributed by atoms with van der Waals surface area (Å²) in [6.45, 7) is 3.08. The van der Waals surface area contributed by atoms with Crippen molar-refractivity contribution < 1.29 is 0 Å². The number of nitrogens with two attached hydrogens (primary N) is 1. The summed E-state index contributed by atoms with van der Waals surface area (Å²) in [7, 11) is 2.04. The largest absolute Gasteiger partial charge is 0.396 e. The van der Waals surface area contributed by atoms with Crippen LogP contribution in [0, 0.1) is 0 Å². The lowest BCUT2D eigenvalue weighted by Gasteiger charge is -2.05. The van der Waals surface area contributed by atoms with E-state index in [9.17, 15) is 0 Å². The maximum Gasteiger partial charge on any atom is 0.0715 e. The molecule has 0 bridgehead atoms. The van der Waals surface area contributed by atoms with E-state index in [0.29, 0.717) is 0 Å². The van der Waals surface area contributed by atoms with E-state index in [1.54, 1.807) is 0 Å². The molecule has 1 heterocycles. The topological polar surface area (TPSA) is 43.0 Å². The molecule has 0 spiro atoms. The van der Waals surface area contributed by atoms with Crippen molar-refractivity contribution >= 4 is 16.6 Å². The van der Waals surface area contributed by atoms with Crippen LogP contribution in [0.5, 0.6) is 0 Å². The summed E-state index contributed by atoms with van der Waals surface area (Å²) in [4.78, 5) is 0. The Hall–Kier alpha value is -1.90. The maximum absolute atomic E-state index is 6.08. The van der Waals surface area contributed by atoms with Crippen LogP contribution in [0.4, 0.5) is 0 Å². The van der Waals surface area contributed by atoms with E-state index >= 15 is 0 Å². The third-order valence-corrected chi connectivity index (χ3v) is 2.90. The minimum Gasteiger partial charge on any atom is -0.396 e. The summed E-state index contributed by atoms with van der Waals surface area (Å²) in [5.74, 6) is 0. The molecular weight excluding hydrogens is 210 g/mol. The molecule has 0 aliphatic carbocycles. The van der Waals surface area contributed by atoms with Gasteiger partial charge in [-0.05, 0) is 18.6 Å². The van der Waals surface area contributed by atoms with E-state index < -0.39 is 0 Å². The molecule has 3 heteroatoms. The molecule has 0 atom stereocenters. The quantitative estimate of drug-likeness (QED) is 0.791. The van der Waals surface area contributed by atoms with Crippen molar-refractivity contribution in [2.45, 2.75) is 13.3 Å². The average molecular weight is 229 g/mol. The summed E-state index contributed by atoms with van der Waals surface area (Å²) < 4.78 is 2.12. The van der Waals surface area contributed by atoms with Gasteiger partial charge in [0.2, 0.25) is 0 Å². The van der Waals surface area contributed by atoms with Crippen LogP contribution in [0.15, 0.2) is 36.5 Å². The Balaban J connectivity index is 2.35. The Kier molecular flexibility index (Phi) is 3.38. The van der Waals surface area contributed by atoms with Gasteiger partial charge in [-0.25, -0.2) is 0 Å². The van der Waals surface area contributed by atoms with E-state index in [2.05, 4.69) is 35.0 Å². The molecule has 0 unspecified atom stereocenters. The normalized spacial score (nSPS) is 12.0. The molecule has 2 rings (SSSR count). The van der Waals surface area contributed by atoms with Crippen LogP contribution in [-0.2, 0) is 7.05 Å². The second-order valence-electron chi connectivity index (χ2n) is 4.20. The van der Waals surface area contributed by atoms with E-state index in [-0.39, 0.29) is 0 Å². The zero-order chi connectivity index (χ0) is 12.3. The molecule has 0 saturated carbocycles. The molecule has 1 aromatic heterocycles. The summed E-state index contributed by atoms with van der Waals surface area (Å²) in [6, 6.07) is 10.4. The molecule has 0 aliphatic rings. The van der Waals surface area contributed by atoms with Crippen LogP contribution in [0.2, 0.25) is 0 Å². The van der Waals surface area contributed by atoms with Crippen molar-refractivity contribution in [2.24, 2.45) is 12.8 Å². The van der Waals surface area contributed by atoms with Crippen molar-refractivity contribution in [2.75, 3.05) is 6.54 Å². The van der Waals surface area contributed by atoms with Crippen LogP contribution in [0.3, 0.4) is 0 Å². The van der Waals surface area contributed by atoms with E-state index in [1.807, 2.05) is 25.4 Å². The van der Waals surface area contributed by atoms with Crippen LogP contribution < -0.4 is 11.1 Å². The summed E-state index contributed by atoms with van der Waals surface area (Å²) in [6.07, 6.45) is 2.98. The highest BCUT2D eigenvalue weighted by Gasteiger charge is 2.06. The van der Waals surface area contributed by atoms with Gasteiger partial charge in [-0.3, -0.25) is 0 Å². The number of aryl methyl sites for hydroxylation is 1. The van der Waals surface area contributed by atoms with Gasteiger partial charge in [-0.15, -0.1) is 0 Å². The first-order valence-corrected chi connectivity index (χ1v) is 5.98. The molecular formula is C14H19N3. The molecule has 0 fully saturated rings. The number of benzene rings is 1. The molecule has 17 heavy (non-hydrogen) atoms. The number of nitrogens with zero attached hydrogens (tertiary/aromatic N) is 1. The van der Waals surface area contributed by atoms with Crippen LogP contribution in [0.25, 0.3) is 16.6 Å². The van der Waals surface area contributed by atoms with Gasteiger partial charge in [-0.1, -0.05) is 25.1 Å². The van der Waals surface area contributed by atoms with Crippen LogP contribution in [-0.4, -0.2) is 11.1 Å². The molecule has 0 aliphatic heterocycles. The minimum absolute atomic E-state index is 0.775. The van der Waals surface area contributed by atoms with Gasteiger partial charge in [0.05, 0.1) is 11.4 Å². The monoisotopic (exact) mass is 229 g/mol. The first-order valence-electron chi connectivity index (χ1n) is 5.98. The molecule has 1 aromatic carbocycles. The SMILES string of the molecule is CCCN/C=C(\N)c1cc2ccccc2n1C. The third-order valence-electron chi connectivity index (χ3n) is 2.90. The van der Waals surface area contributed by atoms with Crippen molar-refractivity contribution in [3.8, 4) is 0 Å². The number of para-hydroxylation sites is 1. The third kappa shape index (κ3) is 2.28. The Morgan fingerprint density at radius 2 is 2.18 bits per heavy atom. The van der Waals surface area contributed by atoms with Gasteiger partial charge in [0.25, 0.3) is 0 Å². The number of hydrogen-bond acceptors (Lipinski definition) is 2. The maximum atomic E-state index is 6.08. The second kappa shape index (κ2) is 4.95. The first-order chi connectivity index (χ1) is 8.24. The van der Waals surface area contributed by atoms with Gasteiger partial charge in [0.1, 0.15) is 0 Å². The number of hydrogen-bond donors (Lipinski definition) is 2. The van der Waals surface area contributed by atoms with Crippen LogP contribution in [0.1, 0.15) is 19.0 Å². The zero-order valence-corrected chi connectivity index (χ0v) is 10.4. The van der Waals surface area contributed by atoms with E-state index in [4.69, 9.17) is 5.73 Å². The fraction of sp³-hybridized carbons (Fsp3) is 0.286. The minimum atomic E-state index is 0.775. The molecule has 0 saturated heterocycles. The lowest BCUT2D eigenvalue weighted by Crippen LogP contribution is -2.11. The fourth-order valence-electron chi connectivity index (χ4n) is 1.97. The van der Waals surface area contributed by atoms with E-state index in [0.717, 1.165) is 24.4 Å². The molecule has 2 aromatic rings. The Morgan fingerprint density at radius 3 is 2.88 bits per heavy atom. The highest BCUT2D eigenvalue weighted by Crippen LogP contribution is 2.21. The van der Waals surface area contributed by atoms with Crippen molar-refractivity contribution in [1.29, 1.82) is 0 Å². The number of nitrogens with one attached hydrogen (secondary N) is 1. The highest BCUT2D eigenvalue weighted by molar-refractivity contribution is 5.85. The average Bonchev–Trinajstić information content (AvgIpc) is 2.68. The summed E-state index contributed by atoms with van der Waals surface area (Å²) in [5, 5.41) is 4.42. The molecule has 3 nitrogen and oxygen atoms in total. The second-order valence-corrected chi connectivity index (χ2v) is 4.20. The van der Waals surface area contributed by atoms with Gasteiger partial charge in [-0.2, -0.15) is 0 Å². The van der Waals surface area contributed by atoms with Crippen LogP contribution >= 0.6 is 0 Å². The first kappa shape index (κ1) is 11.6. The fourth-order valence-corrected chi connectivity index (χ4v) is 1.97. The molecule has 90 valence electrons. The number of fused-ring (bicyclic) bond motifs is 1. The zero-order valence-electron chi connectivity index (χ0n) is 10.4. The number of rotatable bonds is 4. The van der Waals surface area contributed by atoms with Gasteiger partial charge >= 0.3 is 0 Å². The predicted octanol–water partition coefficient (Wildman–Crippen LogP) is 2.44. The predicted molar refractivity (Wildman–Crippen MR) is 73.4 cm³/mol. The van der Waals surface area contributed by atoms with Crippen molar-refractivity contribution in [3.63, 3.8) is 0 Å². The summed E-state index contributed by atoms with van der Waals surface area (Å²) in [5.41, 5.74) is 9.11. The lowest BCUT2D eigenvalue weighted by molar-refractivity contribution is 0.808. The van der Waals surface area contributed by atoms with Crippen molar-refractivity contribution in [1.82, 2.24) is 9.88 Å². The summed E-state index contributed by atoms with van der Waals surface area (Å²) >= 11 is 0. The van der Waals surface area contributed by atoms with Gasteiger partial charge in [0.15, 0.2) is 0 Å². The van der Waals surface area contributed by atoms with E-state index in [1.165, 1.54) is 10.9 Å². The Bertz CT molecular complexity index is 537. The smallest absolute Gasteiger partial charge is 0.0715 e. The molecule has 3 N–H and O–H groups in total. The lowest BCUT2D eigenvalue weighted by atomic mass is 10.2.